The van der Waals surface area contributed by atoms with Gasteiger partial charge in [0, 0.05) is 18.0 Å². The zero-order valence-electron chi connectivity index (χ0n) is 13.3. The lowest BCUT2D eigenvalue weighted by molar-refractivity contribution is 0.174. The number of nitrogens with zero attached hydrogens (tertiary/aromatic N) is 3. The highest BCUT2D eigenvalue weighted by molar-refractivity contribution is 7.07. The van der Waals surface area contributed by atoms with E-state index in [1.807, 2.05) is 23.6 Å². The molecule has 0 N–H and O–H groups in total. The summed E-state index contributed by atoms with van der Waals surface area (Å²) in [5.74, 6) is 1.11. The first-order valence-corrected chi connectivity index (χ1v) is 8.46. The van der Waals surface area contributed by atoms with Crippen LogP contribution in [0.3, 0.4) is 0 Å². The molecule has 0 spiro atoms. The Balaban J connectivity index is 1.75. The van der Waals surface area contributed by atoms with Crippen molar-refractivity contribution in [3.8, 4) is 22.8 Å². The molecule has 1 aromatic heterocycles. The molecule has 25 heavy (non-hydrogen) atoms. The van der Waals surface area contributed by atoms with Gasteiger partial charge < -0.3 is 9.47 Å². The molecule has 2 aromatic carbocycles. The van der Waals surface area contributed by atoms with E-state index in [-0.39, 0.29) is 12.6 Å². The quantitative estimate of drug-likeness (QED) is 0.675. The van der Waals surface area contributed by atoms with Gasteiger partial charge in [-0.15, -0.1) is 11.3 Å². The molecule has 7 heteroatoms. The summed E-state index contributed by atoms with van der Waals surface area (Å²) in [5, 5.41) is 6.34. The van der Waals surface area contributed by atoms with Gasteiger partial charge in [0.05, 0.1) is 11.9 Å². The molecule has 2 heterocycles. The predicted octanol–water partition coefficient (Wildman–Crippen LogP) is 3.50. The van der Waals surface area contributed by atoms with Crippen LogP contribution in [0.25, 0.3) is 11.3 Å². The van der Waals surface area contributed by atoms with Crippen molar-refractivity contribution in [1.29, 1.82) is 0 Å². The Labute approximate surface area is 147 Å². The molecule has 3 aromatic rings. The van der Waals surface area contributed by atoms with Crippen LogP contribution in [0.4, 0.5) is 4.39 Å². The monoisotopic (exact) mass is 355 g/mol. The first kappa shape index (κ1) is 15.6. The summed E-state index contributed by atoms with van der Waals surface area (Å²) in [6.45, 7) is 0.228. The Morgan fingerprint density at radius 2 is 2.00 bits per heavy atom. The van der Waals surface area contributed by atoms with Crippen molar-refractivity contribution in [2.45, 2.75) is 0 Å². The minimum atomic E-state index is -0.296. The van der Waals surface area contributed by atoms with Gasteiger partial charge in [-0.05, 0) is 35.9 Å². The molecule has 1 aliphatic rings. The summed E-state index contributed by atoms with van der Waals surface area (Å²) in [4.78, 5) is 4.89. The summed E-state index contributed by atoms with van der Waals surface area (Å²) < 4.78 is 26.5. The fourth-order valence-corrected chi connectivity index (χ4v) is 3.33. The molecule has 1 aliphatic heterocycles. The smallest absolute Gasteiger partial charge is 0.231 e. The Morgan fingerprint density at radius 1 is 1.16 bits per heavy atom. The van der Waals surface area contributed by atoms with Gasteiger partial charge in [-0.2, -0.15) is 5.10 Å². The fourth-order valence-electron chi connectivity index (χ4n) is 2.53. The summed E-state index contributed by atoms with van der Waals surface area (Å²) in [6.07, 6.45) is 1.69. The molecule has 0 bridgehead atoms. The molecular formula is C18H14FN3O2S. The summed E-state index contributed by atoms with van der Waals surface area (Å²) in [5.41, 5.74) is 1.99. The molecule has 0 aliphatic carbocycles. The van der Waals surface area contributed by atoms with Crippen molar-refractivity contribution >= 4 is 17.6 Å². The van der Waals surface area contributed by atoms with E-state index in [0.29, 0.717) is 21.8 Å². The van der Waals surface area contributed by atoms with Gasteiger partial charge in [-0.25, -0.2) is 9.07 Å². The Kier molecular flexibility index (Phi) is 4.07. The third-order valence-corrected chi connectivity index (χ3v) is 4.65. The minimum absolute atomic E-state index is 0.228. The molecule has 0 unspecified atom stereocenters. The molecule has 0 saturated carbocycles. The predicted molar refractivity (Wildman–Crippen MR) is 94.7 cm³/mol. The number of benzene rings is 2. The molecule has 0 radical (unpaired) electrons. The summed E-state index contributed by atoms with van der Waals surface area (Å²) in [6, 6.07) is 12.2. The molecule has 5 nitrogen and oxygen atoms in total. The van der Waals surface area contributed by atoms with Crippen LogP contribution in [-0.2, 0) is 0 Å². The van der Waals surface area contributed by atoms with Crippen LogP contribution < -0.4 is 14.3 Å². The van der Waals surface area contributed by atoms with Crippen molar-refractivity contribution in [3.63, 3.8) is 0 Å². The molecule has 0 atom stereocenters. The van der Waals surface area contributed by atoms with Crippen molar-refractivity contribution in [1.82, 2.24) is 4.68 Å². The average Bonchev–Trinajstić information content (AvgIpc) is 3.26. The van der Waals surface area contributed by atoms with E-state index in [9.17, 15) is 4.39 Å². The lowest BCUT2D eigenvalue weighted by Crippen LogP contribution is -2.11. The second-order valence-electron chi connectivity index (χ2n) is 5.28. The number of hydrogen-bond donors (Lipinski definition) is 0. The van der Waals surface area contributed by atoms with E-state index in [4.69, 9.17) is 9.47 Å². The maximum absolute atomic E-state index is 14.2. The van der Waals surface area contributed by atoms with E-state index in [2.05, 4.69) is 10.1 Å². The van der Waals surface area contributed by atoms with Crippen molar-refractivity contribution in [2.75, 3.05) is 13.8 Å². The van der Waals surface area contributed by atoms with Gasteiger partial charge in [0.1, 0.15) is 5.82 Å². The molecular weight excluding hydrogens is 341 g/mol. The Bertz CT molecular complexity index is 1020. The van der Waals surface area contributed by atoms with Gasteiger partial charge in [-0.3, -0.25) is 4.99 Å². The van der Waals surface area contributed by atoms with Gasteiger partial charge in [-0.1, -0.05) is 12.1 Å². The third-order valence-electron chi connectivity index (χ3n) is 3.75. The van der Waals surface area contributed by atoms with Crippen LogP contribution in [-0.4, -0.2) is 24.7 Å². The van der Waals surface area contributed by atoms with E-state index in [1.54, 1.807) is 36.1 Å². The van der Waals surface area contributed by atoms with Gasteiger partial charge >= 0.3 is 0 Å². The van der Waals surface area contributed by atoms with Crippen LogP contribution in [0.2, 0.25) is 0 Å². The second-order valence-corrected chi connectivity index (χ2v) is 6.11. The SMILES string of the molecule is CN=c1scc(-c2ccccc2F)n1N=Cc1ccc2c(c1)OCO2. The van der Waals surface area contributed by atoms with Crippen LogP contribution in [0, 0.1) is 5.82 Å². The van der Waals surface area contributed by atoms with Crippen LogP contribution >= 0.6 is 11.3 Å². The highest BCUT2D eigenvalue weighted by atomic mass is 32.1. The number of rotatable bonds is 3. The number of aromatic nitrogens is 1. The average molecular weight is 355 g/mol. The molecule has 4 rings (SSSR count). The summed E-state index contributed by atoms with van der Waals surface area (Å²) in [7, 11) is 1.68. The number of fused-ring (bicyclic) bond motifs is 1. The van der Waals surface area contributed by atoms with E-state index >= 15 is 0 Å². The Hall–Kier alpha value is -2.93. The zero-order chi connectivity index (χ0) is 17.2. The van der Waals surface area contributed by atoms with Crippen LogP contribution in [0.1, 0.15) is 5.56 Å². The normalized spacial score (nSPS) is 13.8. The number of hydrogen-bond acceptors (Lipinski definition) is 5. The van der Waals surface area contributed by atoms with E-state index < -0.39 is 0 Å². The first-order valence-electron chi connectivity index (χ1n) is 7.58. The number of thiazole rings is 1. The highest BCUT2D eigenvalue weighted by Crippen LogP contribution is 2.32. The third kappa shape index (κ3) is 2.94. The van der Waals surface area contributed by atoms with Crippen molar-refractivity contribution in [3.05, 3.63) is 64.0 Å². The topological polar surface area (TPSA) is 48.1 Å². The molecule has 126 valence electrons. The van der Waals surface area contributed by atoms with E-state index in [1.165, 1.54) is 17.4 Å². The summed E-state index contributed by atoms with van der Waals surface area (Å²) >= 11 is 1.41. The second kappa shape index (κ2) is 6.52. The largest absolute Gasteiger partial charge is 0.454 e. The minimum Gasteiger partial charge on any atom is -0.454 e. The number of ether oxygens (including phenoxy) is 2. The van der Waals surface area contributed by atoms with Gasteiger partial charge in [0.2, 0.25) is 11.6 Å². The fraction of sp³-hybridized carbons (Fsp3) is 0.111. The van der Waals surface area contributed by atoms with Gasteiger partial charge in [0.15, 0.2) is 11.5 Å². The van der Waals surface area contributed by atoms with Crippen molar-refractivity contribution in [2.24, 2.45) is 10.1 Å². The lowest BCUT2D eigenvalue weighted by atomic mass is 10.1. The maximum Gasteiger partial charge on any atom is 0.231 e. The molecule has 0 saturated heterocycles. The lowest BCUT2D eigenvalue weighted by Gasteiger charge is -2.04. The van der Waals surface area contributed by atoms with Crippen LogP contribution in [0.15, 0.2) is 57.9 Å². The first-order chi connectivity index (χ1) is 12.3. The zero-order valence-corrected chi connectivity index (χ0v) is 14.2. The molecule has 0 fully saturated rings. The van der Waals surface area contributed by atoms with Crippen molar-refractivity contribution < 1.29 is 13.9 Å². The Morgan fingerprint density at radius 3 is 2.84 bits per heavy atom. The van der Waals surface area contributed by atoms with Gasteiger partial charge in [0.25, 0.3) is 0 Å². The highest BCUT2D eigenvalue weighted by Gasteiger charge is 2.13. The maximum atomic E-state index is 14.2. The van der Waals surface area contributed by atoms with E-state index in [0.717, 1.165) is 11.3 Å². The van der Waals surface area contributed by atoms with Crippen LogP contribution in [0.5, 0.6) is 11.5 Å². The molecule has 0 amide bonds. The number of halogens is 1. The standard InChI is InChI=1S/C18H14FN3O2S/c1-20-18-22(15(10-25-18)13-4-2-3-5-14(13)19)21-9-12-6-7-16-17(8-12)24-11-23-16/h2-10H,11H2,1H3.